The molecule has 5 nitrogen and oxygen atoms in total. The van der Waals surface area contributed by atoms with Crippen molar-refractivity contribution in [1.82, 2.24) is 9.71 Å². The summed E-state index contributed by atoms with van der Waals surface area (Å²) in [7, 11) is -1.74. The Morgan fingerprint density at radius 2 is 1.81 bits per heavy atom. The van der Waals surface area contributed by atoms with Crippen molar-refractivity contribution < 1.29 is 8.42 Å². The van der Waals surface area contributed by atoms with E-state index in [9.17, 15) is 8.42 Å². The van der Waals surface area contributed by atoms with Crippen LogP contribution < -0.4 is 10.0 Å². The molecule has 7 heteroatoms. The summed E-state index contributed by atoms with van der Waals surface area (Å²) in [5, 5.41) is 3.79. The van der Waals surface area contributed by atoms with E-state index in [1.165, 1.54) is 11.3 Å². The Bertz CT molecular complexity index is 728. The normalized spacial score (nSPS) is 11.6. The number of aryl methyl sites for hydroxylation is 3. The number of hydrogen-bond acceptors (Lipinski definition) is 5. The number of nitrogens with zero attached hydrogens (tertiary/aromatic N) is 1. The van der Waals surface area contributed by atoms with Crippen molar-refractivity contribution in [2.24, 2.45) is 0 Å². The first-order chi connectivity index (χ1) is 9.83. The van der Waals surface area contributed by atoms with Gasteiger partial charge in [-0.25, -0.2) is 18.1 Å². The Balaban J connectivity index is 2.27. The molecule has 2 aromatic rings. The number of sulfonamides is 1. The summed E-state index contributed by atoms with van der Waals surface area (Å²) in [6.07, 6.45) is 1.74. The molecule has 0 bridgehead atoms. The average molecular weight is 325 g/mol. The van der Waals surface area contributed by atoms with E-state index in [0.29, 0.717) is 4.90 Å². The van der Waals surface area contributed by atoms with Crippen molar-refractivity contribution in [1.29, 1.82) is 0 Å². The molecule has 0 aliphatic rings. The van der Waals surface area contributed by atoms with Crippen LogP contribution in [0.25, 0.3) is 0 Å². The van der Waals surface area contributed by atoms with E-state index in [0.717, 1.165) is 26.7 Å². The maximum Gasteiger partial charge on any atom is 0.241 e. The van der Waals surface area contributed by atoms with Crippen molar-refractivity contribution in [3.05, 3.63) is 39.3 Å². The summed E-state index contributed by atoms with van der Waals surface area (Å²) in [5.74, 6) is 0. The van der Waals surface area contributed by atoms with Gasteiger partial charge in [0.2, 0.25) is 10.0 Å². The molecule has 0 aliphatic carbocycles. The monoisotopic (exact) mass is 325 g/mol. The van der Waals surface area contributed by atoms with Crippen molar-refractivity contribution >= 4 is 27.0 Å². The van der Waals surface area contributed by atoms with Crippen LogP contribution in [0.2, 0.25) is 0 Å². The van der Waals surface area contributed by atoms with Crippen LogP contribution in [0.4, 0.5) is 5.69 Å². The molecule has 0 aliphatic heterocycles. The first-order valence-corrected chi connectivity index (χ1v) is 8.83. The fraction of sp³-hybridized carbons (Fsp3) is 0.357. The van der Waals surface area contributed by atoms with E-state index in [-0.39, 0.29) is 6.54 Å². The highest BCUT2D eigenvalue weighted by molar-refractivity contribution is 7.89. The lowest BCUT2D eigenvalue weighted by molar-refractivity contribution is 0.580. The second kappa shape index (κ2) is 6.13. The van der Waals surface area contributed by atoms with E-state index >= 15 is 0 Å². The predicted octanol–water partition coefficient (Wildman–Crippen LogP) is 2.59. The lowest BCUT2D eigenvalue weighted by atomic mass is 10.1. The quantitative estimate of drug-likeness (QED) is 0.886. The van der Waals surface area contributed by atoms with Crippen LogP contribution >= 0.6 is 11.3 Å². The summed E-state index contributed by atoms with van der Waals surface area (Å²) in [4.78, 5) is 5.57. The van der Waals surface area contributed by atoms with Crippen molar-refractivity contribution in [2.75, 3.05) is 12.4 Å². The van der Waals surface area contributed by atoms with Gasteiger partial charge in [-0.15, -0.1) is 11.3 Å². The van der Waals surface area contributed by atoms with Crippen LogP contribution in [0.15, 0.2) is 23.2 Å². The topological polar surface area (TPSA) is 71.1 Å². The largest absolute Gasteiger partial charge is 0.388 e. The van der Waals surface area contributed by atoms with Gasteiger partial charge in [0, 0.05) is 23.8 Å². The number of nitrogens with one attached hydrogen (secondary N) is 2. The number of anilines is 1. The van der Waals surface area contributed by atoms with Gasteiger partial charge in [0.05, 0.1) is 11.4 Å². The molecule has 0 saturated carbocycles. The van der Waals surface area contributed by atoms with Crippen LogP contribution in [0, 0.1) is 20.8 Å². The zero-order chi connectivity index (χ0) is 15.6. The molecule has 2 rings (SSSR count). The summed E-state index contributed by atoms with van der Waals surface area (Å²) < 4.78 is 27.6. The molecule has 0 unspecified atom stereocenters. The first-order valence-electron chi connectivity index (χ1n) is 6.53. The number of hydrogen-bond donors (Lipinski definition) is 2. The first kappa shape index (κ1) is 15.9. The second-order valence-corrected chi connectivity index (χ2v) is 7.90. The average Bonchev–Trinajstić information content (AvgIpc) is 2.81. The highest BCUT2D eigenvalue weighted by Gasteiger charge is 2.20. The molecule has 0 fully saturated rings. The van der Waals surface area contributed by atoms with E-state index in [2.05, 4.69) is 15.0 Å². The number of thiazole rings is 1. The highest BCUT2D eigenvalue weighted by Crippen LogP contribution is 2.24. The van der Waals surface area contributed by atoms with Gasteiger partial charge in [0.15, 0.2) is 0 Å². The fourth-order valence-corrected chi connectivity index (χ4v) is 4.49. The summed E-state index contributed by atoms with van der Waals surface area (Å²) >= 11 is 1.49. The minimum atomic E-state index is -3.55. The summed E-state index contributed by atoms with van der Waals surface area (Å²) in [5.41, 5.74) is 2.35. The number of rotatable bonds is 5. The van der Waals surface area contributed by atoms with E-state index in [1.807, 2.05) is 26.1 Å². The van der Waals surface area contributed by atoms with Gasteiger partial charge in [0.25, 0.3) is 0 Å². The molecule has 1 aromatic heterocycles. The predicted molar refractivity (Wildman–Crippen MR) is 86.3 cm³/mol. The molecule has 0 saturated heterocycles. The highest BCUT2D eigenvalue weighted by atomic mass is 32.2. The van der Waals surface area contributed by atoms with Gasteiger partial charge in [0.1, 0.15) is 5.01 Å². The molecule has 1 heterocycles. The van der Waals surface area contributed by atoms with Crippen LogP contribution in [-0.2, 0) is 16.6 Å². The zero-order valence-electron chi connectivity index (χ0n) is 12.5. The van der Waals surface area contributed by atoms with Crippen LogP contribution in [0.3, 0.4) is 0 Å². The molecule has 2 N–H and O–H groups in total. The third-order valence-corrected chi connectivity index (χ3v) is 5.72. The van der Waals surface area contributed by atoms with Gasteiger partial charge in [-0.05, 0) is 44.0 Å². The Labute approximate surface area is 129 Å². The third-order valence-electron chi connectivity index (χ3n) is 3.10. The Morgan fingerprint density at radius 1 is 1.19 bits per heavy atom. The number of benzene rings is 1. The summed E-state index contributed by atoms with van der Waals surface area (Å²) in [6, 6.07) is 3.66. The van der Waals surface area contributed by atoms with Gasteiger partial charge in [-0.1, -0.05) is 0 Å². The van der Waals surface area contributed by atoms with Gasteiger partial charge in [-0.3, -0.25) is 0 Å². The maximum atomic E-state index is 12.5. The Kier molecular flexibility index (Phi) is 4.65. The fourth-order valence-electron chi connectivity index (χ4n) is 2.23. The smallest absolute Gasteiger partial charge is 0.241 e. The molecule has 0 spiro atoms. The SMILES string of the molecule is CNc1cc(C)c(S(=O)(=O)NCc2ncc(C)s2)c(C)c1. The van der Waals surface area contributed by atoms with E-state index in [4.69, 9.17) is 0 Å². The minimum Gasteiger partial charge on any atom is -0.388 e. The molecule has 0 amide bonds. The van der Waals surface area contributed by atoms with Crippen LogP contribution in [0.5, 0.6) is 0 Å². The number of aromatic nitrogens is 1. The van der Waals surface area contributed by atoms with Crippen LogP contribution in [0.1, 0.15) is 21.0 Å². The molecular formula is C14H19N3O2S2. The molecule has 0 radical (unpaired) electrons. The second-order valence-electron chi connectivity index (χ2n) is 4.88. The third kappa shape index (κ3) is 3.61. The van der Waals surface area contributed by atoms with Crippen molar-refractivity contribution in [3.8, 4) is 0 Å². The zero-order valence-corrected chi connectivity index (χ0v) is 14.2. The molecule has 0 atom stereocenters. The standard InChI is InChI=1S/C14H19N3O2S2/c1-9-5-12(15-4)6-10(2)14(9)21(18,19)17-8-13-16-7-11(3)20-13/h5-7,15,17H,8H2,1-4H3. The Morgan fingerprint density at radius 3 is 2.29 bits per heavy atom. The van der Waals surface area contributed by atoms with Crippen molar-refractivity contribution in [3.63, 3.8) is 0 Å². The molecule has 21 heavy (non-hydrogen) atoms. The van der Waals surface area contributed by atoms with Crippen molar-refractivity contribution in [2.45, 2.75) is 32.2 Å². The minimum absolute atomic E-state index is 0.216. The van der Waals surface area contributed by atoms with Gasteiger partial charge < -0.3 is 5.32 Å². The lowest BCUT2D eigenvalue weighted by Crippen LogP contribution is -2.24. The maximum absolute atomic E-state index is 12.5. The van der Waals surface area contributed by atoms with Gasteiger partial charge in [-0.2, -0.15) is 0 Å². The Hall–Kier alpha value is -1.44. The molecular weight excluding hydrogens is 306 g/mol. The molecule has 114 valence electrons. The lowest BCUT2D eigenvalue weighted by Gasteiger charge is -2.13. The summed E-state index contributed by atoms with van der Waals surface area (Å²) in [6.45, 7) is 5.76. The van der Waals surface area contributed by atoms with Crippen LogP contribution in [-0.4, -0.2) is 20.4 Å². The van der Waals surface area contributed by atoms with E-state index < -0.39 is 10.0 Å². The van der Waals surface area contributed by atoms with Gasteiger partial charge >= 0.3 is 0 Å². The molecule has 1 aromatic carbocycles. The van der Waals surface area contributed by atoms with E-state index in [1.54, 1.807) is 20.0 Å².